The quantitative estimate of drug-likeness (QED) is 0.558. The Morgan fingerprint density at radius 2 is 1.76 bits per heavy atom. The fraction of sp³-hybridized carbons (Fsp3) is 0.429. The van der Waals surface area contributed by atoms with E-state index in [-0.39, 0.29) is 64.1 Å². The van der Waals surface area contributed by atoms with E-state index >= 15 is 0 Å². The Bertz CT molecular complexity index is 916. The smallest absolute Gasteiger partial charge is 0.870 e. The molecule has 0 amide bonds. The molecular weight excluding hydrogens is 385 g/mol. The van der Waals surface area contributed by atoms with Gasteiger partial charge in [-0.2, -0.15) is 0 Å². The molecule has 3 rings (SSSR count). The Morgan fingerprint density at radius 3 is 2.28 bits per heavy atom. The van der Waals surface area contributed by atoms with Gasteiger partial charge in [-0.25, -0.2) is 4.79 Å². The molecule has 0 spiro atoms. The molecule has 8 heteroatoms. The van der Waals surface area contributed by atoms with Crippen molar-refractivity contribution in [1.29, 1.82) is 0 Å². The predicted octanol–water partition coefficient (Wildman–Crippen LogP) is 0.871. The number of aromatic nitrogens is 1. The van der Waals surface area contributed by atoms with Crippen molar-refractivity contribution in [2.24, 2.45) is 5.92 Å². The summed E-state index contributed by atoms with van der Waals surface area (Å²) in [7, 11) is 1.60. The number of hydrogen-bond donors (Lipinski definition) is 1. The Balaban J connectivity index is 0.00000210. The van der Waals surface area contributed by atoms with E-state index in [0.717, 1.165) is 16.8 Å². The van der Waals surface area contributed by atoms with Gasteiger partial charge < -0.3 is 24.6 Å². The van der Waals surface area contributed by atoms with Gasteiger partial charge in [-0.05, 0) is 44.0 Å². The third kappa shape index (κ3) is 4.69. The van der Waals surface area contributed by atoms with Crippen LogP contribution < -0.4 is 39.0 Å². The number of Topliss-reactive ketones (excluding diaryl/α,β-unsaturated/α-hetero) is 1. The number of carbonyl (C=O) groups excluding carboxylic acids is 1. The SMILES string of the molecule is COc1cc2c(cc1OC(C)C)-c1cc(C(=O)O)c(C(=O)C(C)C)n1CC2.[Na+].[OH-]. The molecular formula is C21H26NNaO6. The molecule has 0 bridgehead atoms. The maximum atomic E-state index is 12.7. The second-order valence-electron chi connectivity index (χ2n) is 7.34. The Hall–Kier alpha value is -1.80. The van der Waals surface area contributed by atoms with Crippen molar-refractivity contribution in [3.05, 3.63) is 35.0 Å². The van der Waals surface area contributed by atoms with Gasteiger partial charge in [0.05, 0.1) is 24.5 Å². The summed E-state index contributed by atoms with van der Waals surface area (Å²) in [4.78, 5) is 24.5. The number of aromatic carboxylic acids is 1. The van der Waals surface area contributed by atoms with Crippen molar-refractivity contribution in [2.75, 3.05) is 7.11 Å². The molecule has 29 heavy (non-hydrogen) atoms. The molecule has 7 nitrogen and oxygen atoms in total. The minimum atomic E-state index is -1.09. The van der Waals surface area contributed by atoms with Gasteiger partial charge in [-0.3, -0.25) is 4.79 Å². The van der Waals surface area contributed by atoms with Crippen LogP contribution in [0.25, 0.3) is 11.3 Å². The molecule has 2 N–H and O–H groups in total. The van der Waals surface area contributed by atoms with Crippen molar-refractivity contribution in [1.82, 2.24) is 4.57 Å². The molecule has 0 saturated carbocycles. The van der Waals surface area contributed by atoms with E-state index in [9.17, 15) is 14.7 Å². The van der Waals surface area contributed by atoms with Crippen molar-refractivity contribution in [2.45, 2.75) is 46.8 Å². The third-order valence-corrected chi connectivity index (χ3v) is 4.72. The number of methoxy groups -OCH3 is 1. The molecule has 1 aliphatic heterocycles. The summed E-state index contributed by atoms with van der Waals surface area (Å²) in [6.45, 7) is 7.98. The number of carboxylic acid groups (broad SMARTS) is 1. The Morgan fingerprint density at radius 1 is 1.10 bits per heavy atom. The number of benzene rings is 1. The van der Waals surface area contributed by atoms with Crippen LogP contribution in [-0.2, 0) is 13.0 Å². The minimum absolute atomic E-state index is 0. The fourth-order valence-electron chi connectivity index (χ4n) is 3.49. The van der Waals surface area contributed by atoms with Crippen molar-refractivity contribution in [3.63, 3.8) is 0 Å². The van der Waals surface area contributed by atoms with Gasteiger partial charge in [0, 0.05) is 23.7 Å². The molecule has 0 fully saturated rings. The largest absolute Gasteiger partial charge is 1.00 e. The third-order valence-electron chi connectivity index (χ3n) is 4.72. The van der Waals surface area contributed by atoms with E-state index in [1.165, 1.54) is 0 Å². The number of rotatable bonds is 6. The van der Waals surface area contributed by atoms with Crippen molar-refractivity contribution >= 4 is 11.8 Å². The summed E-state index contributed by atoms with van der Waals surface area (Å²) in [5.74, 6) is -0.267. The second kappa shape index (κ2) is 9.80. The van der Waals surface area contributed by atoms with Crippen LogP contribution >= 0.6 is 0 Å². The molecule has 2 aromatic rings. The summed E-state index contributed by atoms with van der Waals surface area (Å²) in [5, 5.41) is 9.64. The van der Waals surface area contributed by atoms with E-state index in [0.29, 0.717) is 24.5 Å². The zero-order valence-electron chi connectivity index (χ0n) is 17.8. The molecule has 0 saturated heterocycles. The summed E-state index contributed by atoms with van der Waals surface area (Å²) in [6, 6.07) is 5.42. The normalized spacial score (nSPS) is 11.8. The fourth-order valence-corrected chi connectivity index (χ4v) is 3.49. The number of ketones is 1. The van der Waals surface area contributed by atoms with E-state index < -0.39 is 5.97 Å². The molecule has 152 valence electrons. The van der Waals surface area contributed by atoms with E-state index in [4.69, 9.17) is 9.47 Å². The molecule has 0 radical (unpaired) electrons. The summed E-state index contributed by atoms with van der Waals surface area (Å²) in [5.41, 5.74) is 2.99. The zero-order valence-corrected chi connectivity index (χ0v) is 19.8. The number of fused-ring (bicyclic) bond motifs is 3. The van der Waals surface area contributed by atoms with Crippen molar-refractivity contribution < 1.29 is 59.2 Å². The molecule has 0 atom stereocenters. The molecule has 0 unspecified atom stereocenters. The monoisotopic (exact) mass is 411 g/mol. The maximum absolute atomic E-state index is 12.7. The molecule has 1 aromatic heterocycles. The number of nitrogens with zero attached hydrogens (tertiary/aromatic N) is 1. The summed E-state index contributed by atoms with van der Waals surface area (Å²) < 4.78 is 13.2. The Labute approximate surface area is 192 Å². The average molecular weight is 411 g/mol. The number of ether oxygens (including phenoxy) is 2. The van der Waals surface area contributed by atoms with Crippen LogP contribution in [0.3, 0.4) is 0 Å². The van der Waals surface area contributed by atoms with Crippen LogP contribution in [0.5, 0.6) is 11.5 Å². The van der Waals surface area contributed by atoms with E-state index in [1.54, 1.807) is 27.0 Å². The van der Waals surface area contributed by atoms with E-state index in [1.807, 2.05) is 30.5 Å². The first-order chi connectivity index (χ1) is 12.7. The van der Waals surface area contributed by atoms with Gasteiger partial charge in [-0.1, -0.05) is 13.8 Å². The zero-order chi connectivity index (χ0) is 19.9. The van der Waals surface area contributed by atoms with Gasteiger partial charge in [0.15, 0.2) is 17.3 Å². The molecule has 0 aliphatic carbocycles. The predicted molar refractivity (Wildman–Crippen MR) is 104 cm³/mol. The topological polar surface area (TPSA) is 108 Å². The first-order valence-corrected chi connectivity index (χ1v) is 9.13. The number of carbonyl (C=O) groups is 2. The van der Waals surface area contributed by atoms with Gasteiger partial charge in [0.1, 0.15) is 0 Å². The summed E-state index contributed by atoms with van der Waals surface area (Å²) in [6.07, 6.45) is 0.659. The van der Waals surface area contributed by atoms with Crippen molar-refractivity contribution in [3.8, 4) is 22.8 Å². The van der Waals surface area contributed by atoms with Gasteiger partial charge in [-0.15, -0.1) is 0 Å². The maximum Gasteiger partial charge on any atom is 1.00 e. The molecule has 1 aromatic carbocycles. The standard InChI is InChI=1S/C21H25NO5.Na.H2O/c1-11(2)20(23)19-15(21(24)25)9-16-14-10-18(27-12(3)4)17(26-5)8-13(14)6-7-22(16)19;;/h8-12H,6-7H2,1-5H3,(H,24,25);;1H2/q;+1;/p-1. The van der Waals surface area contributed by atoms with Crippen LogP contribution in [0.2, 0.25) is 0 Å². The van der Waals surface area contributed by atoms with Gasteiger partial charge in [0.25, 0.3) is 0 Å². The second-order valence-corrected chi connectivity index (χ2v) is 7.34. The average Bonchev–Trinajstić information content (AvgIpc) is 3.00. The van der Waals surface area contributed by atoms with Crippen LogP contribution in [0.1, 0.15) is 54.1 Å². The van der Waals surface area contributed by atoms with Crippen LogP contribution in [0, 0.1) is 5.92 Å². The first-order valence-electron chi connectivity index (χ1n) is 9.13. The Kier molecular flexibility index (Phi) is 8.53. The minimum Gasteiger partial charge on any atom is -0.870 e. The summed E-state index contributed by atoms with van der Waals surface area (Å²) >= 11 is 0. The number of hydrogen-bond acceptors (Lipinski definition) is 5. The molecule has 2 heterocycles. The van der Waals surface area contributed by atoms with Crippen LogP contribution in [0.4, 0.5) is 0 Å². The number of aryl methyl sites for hydroxylation is 1. The number of carboxylic acids is 1. The van der Waals surface area contributed by atoms with Gasteiger partial charge in [0.2, 0.25) is 0 Å². The van der Waals surface area contributed by atoms with Gasteiger partial charge >= 0.3 is 35.5 Å². The van der Waals surface area contributed by atoms with Crippen LogP contribution in [-0.4, -0.2) is 40.1 Å². The molecule has 1 aliphatic rings. The van der Waals surface area contributed by atoms with E-state index in [2.05, 4.69) is 0 Å². The van der Waals surface area contributed by atoms with Crippen LogP contribution in [0.15, 0.2) is 18.2 Å². The first kappa shape index (κ1) is 25.2.